The van der Waals surface area contributed by atoms with Gasteiger partial charge in [-0.05, 0) is 129 Å². The molecule has 4 fully saturated rings. The highest BCUT2D eigenvalue weighted by atomic mass is 35.5. The molecule has 32 heteroatoms. The SMILES string of the molecule is C1CCOC1.COC[C@H](C1CC1)n1cc(C#N)nc(Nc2cc(C)c(OC(F)F)nc2C)c1=O.COC[C@H](C1CC1)n1cc(Cl)nc(Cl)c1=O.COC[C@H](C1CC1)n1cc(Cl)nc(Nc2cc(C)c(OC(F)F)nc2C)c1=O.Cc1cc(N)c(C)nc1OC(F)F. The summed E-state index contributed by atoms with van der Waals surface area (Å²) in [5.41, 5.74) is 8.35. The number of nitrogen functional groups attached to an aromatic ring is 1. The molecule has 7 heterocycles. The van der Waals surface area contributed by atoms with E-state index < -0.39 is 25.4 Å². The number of nitrogens with two attached hydrogens (primary N) is 1. The molecule has 91 heavy (non-hydrogen) atoms. The number of methoxy groups -OCH3 is 3. The van der Waals surface area contributed by atoms with Crippen LogP contribution >= 0.6 is 34.8 Å². The number of alkyl halides is 6. The summed E-state index contributed by atoms with van der Waals surface area (Å²) >= 11 is 17.7. The summed E-state index contributed by atoms with van der Waals surface area (Å²) in [6.45, 7) is 4.01. The van der Waals surface area contributed by atoms with Crippen LogP contribution in [-0.4, -0.2) is 118 Å². The molecule has 3 aliphatic carbocycles. The van der Waals surface area contributed by atoms with E-state index in [2.05, 4.69) is 54.7 Å². The lowest BCUT2D eigenvalue weighted by Crippen LogP contribution is -2.31. The van der Waals surface area contributed by atoms with Crippen molar-refractivity contribution >= 4 is 63.5 Å². The molecule has 1 aliphatic heterocycles. The van der Waals surface area contributed by atoms with E-state index in [4.69, 9.17) is 59.5 Å². The van der Waals surface area contributed by atoms with Gasteiger partial charge < -0.3 is 63.2 Å². The highest BCUT2D eigenvalue weighted by molar-refractivity contribution is 6.32. The lowest BCUT2D eigenvalue weighted by molar-refractivity contribution is -0.0540. The molecule has 4 aliphatic rings. The predicted molar refractivity (Wildman–Crippen MR) is 328 cm³/mol. The number of hydrogen-bond donors (Lipinski definition) is 3. The molecule has 0 unspecified atom stereocenters. The molecule has 3 atom stereocenters. The van der Waals surface area contributed by atoms with Gasteiger partial charge in [-0.3, -0.25) is 14.4 Å². The lowest BCUT2D eigenvalue weighted by Gasteiger charge is -2.20. The summed E-state index contributed by atoms with van der Waals surface area (Å²) in [6, 6.07) is 6.32. The Hall–Kier alpha value is -7.33. The van der Waals surface area contributed by atoms with Crippen LogP contribution in [-0.2, 0) is 18.9 Å². The molecule has 0 spiro atoms. The van der Waals surface area contributed by atoms with Crippen LogP contribution in [0.5, 0.6) is 17.6 Å². The second kappa shape index (κ2) is 34.4. The van der Waals surface area contributed by atoms with Crippen LogP contribution in [0.2, 0.25) is 15.5 Å². The number of hydrogen-bond acceptors (Lipinski definition) is 20. The summed E-state index contributed by atoms with van der Waals surface area (Å²) < 4.78 is 112. The van der Waals surface area contributed by atoms with E-state index >= 15 is 0 Å². The van der Waals surface area contributed by atoms with Gasteiger partial charge in [0.2, 0.25) is 17.6 Å². The molecule has 23 nitrogen and oxygen atoms in total. The Morgan fingerprint density at radius 2 is 0.923 bits per heavy atom. The monoisotopic (exact) mass is 1340 g/mol. The molecule has 496 valence electrons. The highest BCUT2D eigenvalue weighted by Gasteiger charge is 2.36. The fourth-order valence-electron chi connectivity index (χ4n) is 9.38. The average Bonchev–Trinajstić information content (AvgIpc) is 1.84. The second-order valence-electron chi connectivity index (χ2n) is 21.5. The third kappa shape index (κ3) is 21.6. The van der Waals surface area contributed by atoms with Crippen LogP contribution < -0.4 is 47.3 Å². The van der Waals surface area contributed by atoms with Gasteiger partial charge in [-0.15, -0.1) is 0 Å². The van der Waals surface area contributed by atoms with Crippen molar-refractivity contribution in [2.45, 2.75) is 131 Å². The van der Waals surface area contributed by atoms with Crippen LogP contribution in [0.3, 0.4) is 0 Å². The van der Waals surface area contributed by atoms with Gasteiger partial charge in [0.1, 0.15) is 16.4 Å². The van der Waals surface area contributed by atoms with Crippen molar-refractivity contribution in [3.8, 4) is 23.7 Å². The number of ether oxygens (including phenoxy) is 7. The Morgan fingerprint density at radius 3 is 1.29 bits per heavy atom. The maximum absolute atomic E-state index is 13.0. The van der Waals surface area contributed by atoms with Gasteiger partial charge >= 0.3 is 19.8 Å². The molecule has 0 amide bonds. The molecular weight excluding hydrogens is 1270 g/mol. The first-order chi connectivity index (χ1) is 43.3. The van der Waals surface area contributed by atoms with Crippen molar-refractivity contribution in [1.29, 1.82) is 5.26 Å². The third-order valence-electron chi connectivity index (χ3n) is 14.4. The third-order valence-corrected chi connectivity index (χ3v) is 15.0. The van der Waals surface area contributed by atoms with Crippen molar-refractivity contribution in [3.63, 3.8) is 0 Å². The number of anilines is 5. The zero-order chi connectivity index (χ0) is 66.8. The predicted octanol–water partition coefficient (Wildman–Crippen LogP) is 11.7. The standard InChI is InChI=1S/C19H21F2N5O3.C18H21ClF2N4O3.C10H12Cl2N2O2.C8H10F2N2O.C4H8O/c1-10-6-14(11(2)23-17(10)29-19(20)21)25-16-18(27)26(8-13(7-22)24-16)15(9-28-3)12-4-5-12;1-9-6-12(10(2)22-16(9)28-18(20)21)23-15-17(26)25(7-14(19)24-15)13(8-27-3)11-4-5-11;1-16-5-7(6-2-3-6)14-4-8(11)13-9(12)10(14)15;1-4-3-6(11)5(2)12-7(4)13-8(9)10;1-2-4-5-3-1/h6,8,12,15,19H,4-5,9H2,1-3H3,(H,24,25);6-7,11,13,18H,4-5,8H2,1-3H3,(H,23,24);4,6-7H,2-3,5H2,1H3;3,8H,11H2,1-2H3;1-4H2/t15-;13-;7-;;/m111../s1. The van der Waals surface area contributed by atoms with E-state index in [1.807, 2.05) is 6.07 Å². The van der Waals surface area contributed by atoms with Crippen LogP contribution in [0.4, 0.5) is 55.0 Å². The molecule has 10 rings (SSSR count). The number of halogens is 9. The Morgan fingerprint density at radius 1 is 0.560 bits per heavy atom. The van der Waals surface area contributed by atoms with Crippen molar-refractivity contribution in [3.05, 3.63) is 123 Å². The first-order valence-electron chi connectivity index (χ1n) is 28.7. The van der Waals surface area contributed by atoms with Crippen molar-refractivity contribution in [2.75, 3.05) is 70.7 Å². The zero-order valence-corrected chi connectivity index (χ0v) is 53.7. The summed E-state index contributed by atoms with van der Waals surface area (Å²) in [7, 11) is 4.76. The number of nitrogens with one attached hydrogen (secondary N) is 2. The number of nitrogens with zero attached hydrogens (tertiary/aromatic N) is 10. The minimum absolute atomic E-state index is 0.00972. The number of nitriles is 1. The number of aromatic nitrogens is 9. The van der Waals surface area contributed by atoms with Crippen molar-refractivity contribution < 1.29 is 59.5 Å². The van der Waals surface area contributed by atoms with Gasteiger partial charge in [-0.1, -0.05) is 34.8 Å². The molecule has 0 radical (unpaired) electrons. The van der Waals surface area contributed by atoms with Gasteiger partial charge in [0, 0.05) is 69.8 Å². The van der Waals surface area contributed by atoms with Gasteiger partial charge in [-0.2, -0.15) is 31.6 Å². The number of pyridine rings is 3. The summed E-state index contributed by atoms with van der Waals surface area (Å²) in [4.78, 5) is 61.5. The van der Waals surface area contributed by atoms with E-state index in [1.54, 1.807) is 84.1 Å². The molecule has 6 aromatic rings. The molecule has 3 saturated carbocycles. The average molecular weight is 1340 g/mol. The Balaban J connectivity index is 0.000000196. The Kier molecular flexibility index (Phi) is 27.5. The summed E-state index contributed by atoms with van der Waals surface area (Å²) in [6.07, 6.45) is 13.3. The first kappa shape index (κ1) is 72.7. The van der Waals surface area contributed by atoms with E-state index in [-0.39, 0.29) is 79.7 Å². The minimum Gasteiger partial charge on any atom is -0.417 e. The molecule has 0 bridgehead atoms. The van der Waals surface area contributed by atoms with Crippen LogP contribution in [0.25, 0.3) is 0 Å². The number of aryl methyl sites for hydroxylation is 6. The maximum Gasteiger partial charge on any atom is 0.388 e. The normalized spacial score (nSPS) is 15.1. The second-order valence-corrected chi connectivity index (χ2v) is 22.7. The van der Waals surface area contributed by atoms with Gasteiger partial charge in [-0.25, -0.2) is 29.9 Å². The van der Waals surface area contributed by atoms with Crippen LogP contribution in [0.1, 0.15) is 109 Å². The number of rotatable bonds is 22. The maximum atomic E-state index is 13.0. The fourth-order valence-corrected chi connectivity index (χ4v) is 9.99. The smallest absolute Gasteiger partial charge is 0.388 e. The Bertz CT molecular complexity index is 3640. The first-order valence-corrected chi connectivity index (χ1v) is 29.8. The summed E-state index contributed by atoms with van der Waals surface area (Å²) in [5, 5.41) is 15.5. The van der Waals surface area contributed by atoms with Gasteiger partial charge in [0.05, 0.1) is 72.1 Å². The minimum atomic E-state index is -2.99. The molecule has 0 aromatic carbocycles. The molecule has 1 saturated heterocycles. The van der Waals surface area contributed by atoms with Gasteiger partial charge in [0.25, 0.3) is 16.7 Å². The van der Waals surface area contributed by atoms with E-state index in [9.17, 15) is 46.0 Å². The lowest BCUT2D eigenvalue weighted by atomic mass is 10.2. The molecule has 4 N–H and O–H groups in total. The van der Waals surface area contributed by atoms with Gasteiger partial charge in [0.15, 0.2) is 22.5 Å². The van der Waals surface area contributed by atoms with E-state index in [0.717, 1.165) is 51.7 Å². The topological polar surface area (TPSA) is 282 Å². The van der Waals surface area contributed by atoms with Crippen molar-refractivity contribution in [1.82, 2.24) is 43.6 Å². The largest absolute Gasteiger partial charge is 0.417 e. The summed E-state index contributed by atoms with van der Waals surface area (Å²) in [5.74, 6) is 0.718. The molecule has 6 aromatic heterocycles. The van der Waals surface area contributed by atoms with Crippen molar-refractivity contribution in [2.24, 2.45) is 17.8 Å². The Labute approximate surface area is 535 Å². The quantitative estimate of drug-likeness (QED) is 0.0532. The zero-order valence-electron chi connectivity index (χ0n) is 51.4. The van der Waals surface area contributed by atoms with E-state index in [0.29, 0.717) is 88.4 Å². The van der Waals surface area contributed by atoms with Crippen LogP contribution in [0.15, 0.2) is 51.2 Å². The fraction of sp³-hybridized carbons (Fsp3) is 0.525. The highest BCUT2D eigenvalue weighted by Crippen LogP contribution is 2.42. The van der Waals surface area contributed by atoms with E-state index in [1.165, 1.54) is 42.1 Å². The molecular formula is C59H72Cl3F6N13O10. The van der Waals surface area contributed by atoms with Crippen LogP contribution in [0, 0.1) is 70.6 Å².